The van der Waals surface area contributed by atoms with Gasteiger partial charge >= 0.3 is 18.2 Å². The lowest BCUT2D eigenvalue weighted by atomic mass is 10.1. The Labute approximate surface area is 215 Å². The molecule has 16 heteroatoms. The molecule has 1 aliphatic rings. The smallest absolute Gasteiger partial charge is 0.468 e. The van der Waals surface area contributed by atoms with Gasteiger partial charge in [-0.1, -0.05) is 17.3 Å². The van der Waals surface area contributed by atoms with Crippen molar-refractivity contribution in [1.29, 1.82) is 0 Å². The number of hydrogen-bond acceptors (Lipinski definition) is 8. The summed E-state index contributed by atoms with van der Waals surface area (Å²) in [6.45, 7) is -0.955. The molecule has 0 bridgehead atoms. The fraction of sp³-hybridized carbons (Fsp3) is 0.348. The number of nitrogens with zero attached hydrogens (tertiary/aromatic N) is 4. The van der Waals surface area contributed by atoms with Crippen LogP contribution in [-0.2, 0) is 10.9 Å². The Balaban J connectivity index is 1.35. The molecule has 3 heterocycles. The molecule has 0 spiro atoms. The van der Waals surface area contributed by atoms with Gasteiger partial charge in [0.1, 0.15) is 0 Å². The molecule has 1 N–H and O–H groups in total. The van der Waals surface area contributed by atoms with Crippen LogP contribution in [0.15, 0.2) is 47.1 Å². The van der Waals surface area contributed by atoms with Crippen molar-refractivity contribution in [3.63, 3.8) is 0 Å². The summed E-state index contributed by atoms with van der Waals surface area (Å²) in [4.78, 5) is 34.1. The number of amides is 2. The molecule has 0 saturated carbocycles. The first-order chi connectivity index (χ1) is 18.4. The van der Waals surface area contributed by atoms with E-state index in [4.69, 9.17) is 4.74 Å². The zero-order valence-corrected chi connectivity index (χ0v) is 19.8. The molecule has 2 aromatic heterocycles. The van der Waals surface area contributed by atoms with Gasteiger partial charge in [0.25, 0.3) is 11.8 Å². The monoisotopic (exact) mass is 559 g/mol. The number of carbonyl (C=O) groups excluding carboxylic acids is 2. The standard InChI is InChI=1S/C23H19F6N5O5/c24-22(25,26)12-38-17-6-5-15(9-30-17)20(36)34-7-8-37-11-16(34)10-31-19(35)14-3-1-13(2-4-14)18-32-21(39-33-18)23(27,28)29/h1-6,9,16H,7-8,10-12H2,(H,31,35)/t16-/m1/s1. The molecule has 39 heavy (non-hydrogen) atoms. The summed E-state index contributed by atoms with van der Waals surface area (Å²) in [5.41, 5.74) is 0.497. The molecular formula is C23H19F6N5O5. The van der Waals surface area contributed by atoms with Crippen molar-refractivity contribution in [3.8, 4) is 17.3 Å². The summed E-state index contributed by atoms with van der Waals surface area (Å²) in [7, 11) is 0. The maximum absolute atomic E-state index is 13.0. The van der Waals surface area contributed by atoms with Crippen molar-refractivity contribution in [3.05, 3.63) is 59.6 Å². The van der Waals surface area contributed by atoms with Gasteiger partial charge in [0.2, 0.25) is 11.7 Å². The summed E-state index contributed by atoms with van der Waals surface area (Å²) in [6, 6.07) is 7.32. The van der Waals surface area contributed by atoms with Gasteiger partial charge in [-0.25, -0.2) is 4.98 Å². The summed E-state index contributed by atoms with van der Waals surface area (Å²) in [5, 5.41) is 5.96. The fourth-order valence-corrected chi connectivity index (χ4v) is 3.54. The van der Waals surface area contributed by atoms with Gasteiger partial charge in [-0.3, -0.25) is 9.59 Å². The number of hydrogen-bond donors (Lipinski definition) is 1. The minimum absolute atomic E-state index is 0.00626. The van der Waals surface area contributed by atoms with Gasteiger partial charge in [0.05, 0.1) is 24.8 Å². The van der Waals surface area contributed by atoms with E-state index in [1.807, 2.05) is 0 Å². The van der Waals surface area contributed by atoms with Crippen molar-refractivity contribution in [2.45, 2.75) is 18.4 Å². The van der Waals surface area contributed by atoms with Gasteiger partial charge in [-0.2, -0.15) is 31.3 Å². The molecule has 1 aromatic carbocycles. The van der Waals surface area contributed by atoms with Crippen LogP contribution in [0.3, 0.4) is 0 Å². The number of benzene rings is 1. The quantitative estimate of drug-likeness (QED) is 0.438. The summed E-state index contributed by atoms with van der Waals surface area (Å²) in [6.07, 6.45) is -8.21. The molecule has 2 amide bonds. The Bertz CT molecular complexity index is 1290. The molecule has 1 atom stereocenters. The Morgan fingerprint density at radius 1 is 1.05 bits per heavy atom. The van der Waals surface area contributed by atoms with Gasteiger partial charge in [-0.05, 0) is 18.2 Å². The molecular weight excluding hydrogens is 540 g/mol. The van der Waals surface area contributed by atoms with Crippen molar-refractivity contribution in [2.75, 3.05) is 32.9 Å². The van der Waals surface area contributed by atoms with Gasteiger partial charge in [0, 0.05) is 36.5 Å². The lowest BCUT2D eigenvalue weighted by molar-refractivity contribution is -0.159. The van der Waals surface area contributed by atoms with E-state index in [2.05, 4.69) is 29.7 Å². The fourth-order valence-electron chi connectivity index (χ4n) is 3.54. The van der Waals surface area contributed by atoms with E-state index < -0.39 is 42.7 Å². The van der Waals surface area contributed by atoms with E-state index >= 15 is 0 Å². The third-order valence-electron chi connectivity index (χ3n) is 5.43. The second-order valence-corrected chi connectivity index (χ2v) is 8.22. The molecule has 10 nitrogen and oxygen atoms in total. The van der Waals surface area contributed by atoms with Crippen LogP contribution in [0, 0.1) is 0 Å². The van der Waals surface area contributed by atoms with Crippen LogP contribution in [0.4, 0.5) is 26.3 Å². The number of halogens is 6. The van der Waals surface area contributed by atoms with E-state index in [0.29, 0.717) is 0 Å². The van der Waals surface area contributed by atoms with Crippen molar-refractivity contribution in [2.24, 2.45) is 0 Å². The molecule has 4 rings (SSSR count). The van der Waals surface area contributed by atoms with Crippen LogP contribution >= 0.6 is 0 Å². The third-order valence-corrected chi connectivity index (χ3v) is 5.43. The predicted octanol–water partition coefficient (Wildman–Crippen LogP) is 3.36. The van der Waals surface area contributed by atoms with Gasteiger partial charge in [-0.15, -0.1) is 0 Å². The highest BCUT2D eigenvalue weighted by atomic mass is 19.4. The number of rotatable bonds is 7. The number of morpholine rings is 1. The highest BCUT2D eigenvalue weighted by Crippen LogP contribution is 2.29. The molecule has 0 unspecified atom stereocenters. The Kier molecular flexibility index (Phi) is 8.03. The molecule has 208 valence electrons. The van der Waals surface area contributed by atoms with E-state index in [1.165, 1.54) is 35.2 Å². The van der Waals surface area contributed by atoms with E-state index in [9.17, 15) is 35.9 Å². The van der Waals surface area contributed by atoms with Crippen LogP contribution in [0.2, 0.25) is 0 Å². The van der Waals surface area contributed by atoms with E-state index in [-0.39, 0.29) is 54.7 Å². The van der Waals surface area contributed by atoms with E-state index in [0.717, 1.165) is 12.3 Å². The number of ether oxygens (including phenoxy) is 2. The lowest BCUT2D eigenvalue weighted by Crippen LogP contribution is -2.53. The van der Waals surface area contributed by atoms with Crippen LogP contribution in [0.5, 0.6) is 5.88 Å². The Morgan fingerprint density at radius 2 is 1.77 bits per heavy atom. The molecule has 0 radical (unpaired) electrons. The maximum Gasteiger partial charge on any atom is 0.471 e. The van der Waals surface area contributed by atoms with Crippen molar-refractivity contribution in [1.82, 2.24) is 25.3 Å². The zero-order valence-electron chi connectivity index (χ0n) is 19.8. The average molecular weight is 559 g/mol. The minimum atomic E-state index is -4.78. The number of aromatic nitrogens is 3. The number of pyridine rings is 1. The third kappa shape index (κ3) is 7.22. The van der Waals surface area contributed by atoms with Crippen molar-refractivity contribution < 1.29 is 49.9 Å². The summed E-state index contributed by atoms with van der Waals surface area (Å²) < 4.78 is 89.0. The molecule has 0 aliphatic carbocycles. The zero-order chi connectivity index (χ0) is 28.2. The molecule has 1 aliphatic heterocycles. The number of carbonyl (C=O) groups is 2. The second-order valence-electron chi connectivity index (χ2n) is 8.22. The first-order valence-electron chi connectivity index (χ1n) is 11.2. The Hall–Kier alpha value is -4.21. The first-order valence-corrected chi connectivity index (χ1v) is 11.2. The van der Waals surface area contributed by atoms with Crippen LogP contribution in [0.25, 0.3) is 11.4 Å². The predicted molar refractivity (Wildman–Crippen MR) is 118 cm³/mol. The van der Waals surface area contributed by atoms with Crippen LogP contribution < -0.4 is 10.1 Å². The first kappa shape index (κ1) is 27.8. The second kappa shape index (κ2) is 11.3. The highest BCUT2D eigenvalue weighted by Gasteiger charge is 2.38. The van der Waals surface area contributed by atoms with Gasteiger partial charge < -0.3 is 24.2 Å². The number of nitrogens with one attached hydrogen (secondary N) is 1. The van der Waals surface area contributed by atoms with Crippen molar-refractivity contribution >= 4 is 11.8 Å². The topological polar surface area (TPSA) is 120 Å². The maximum atomic E-state index is 13.0. The lowest BCUT2D eigenvalue weighted by Gasteiger charge is -2.35. The molecule has 1 fully saturated rings. The average Bonchev–Trinajstić information content (AvgIpc) is 3.42. The SMILES string of the molecule is O=C(NC[C@@H]1COCCN1C(=O)c1ccc(OCC(F)(F)F)nc1)c1ccc(-c2noc(C(F)(F)F)n2)cc1. The summed E-state index contributed by atoms with van der Waals surface area (Å²) >= 11 is 0. The minimum Gasteiger partial charge on any atom is -0.468 e. The molecule has 1 saturated heterocycles. The van der Waals surface area contributed by atoms with Crippen LogP contribution in [0.1, 0.15) is 26.6 Å². The summed E-state index contributed by atoms with van der Waals surface area (Å²) in [5.74, 6) is -3.06. The molecule has 3 aromatic rings. The Morgan fingerprint density at radius 3 is 2.38 bits per heavy atom. The highest BCUT2D eigenvalue weighted by molar-refractivity contribution is 5.95. The number of alkyl halides is 6. The van der Waals surface area contributed by atoms with Crippen LogP contribution in [-0.4, -0.2) is 77.0 Å². The largest absolute Gasteiger partial charge is 0.471 e. The van der Waals surface area contributed by atoms with E-state index in [1.54, 1.807) is 0 Å². The normalized spacial score (nSPS) is 16.2. The van der Waals surface area contributed by atoms with Gasteiger partial charge in [0.15, 0.2) is 6.61 Å².